The standard InChI is InChI=1S/C13H27N3/c1-4-11(5-2)10(3)15-13(14)16-12-8-6-7-9-12/h10-12H,4-9H2,1-3H3,(H3,14,15,16). The number of aliphatic imine (C=N–C) groups is 1. The Labute approximate surface area is 99.9 Å². The summed E-state index contributed by atoms with van der Waals surface area (Å²) in [6, 6.07) is 0.904. The first-order valence-corrected chi connectivity index (χ1v) is 6.77. The maximum atomic E-state index is 5.94. The van der Waals surface area contributed by atoms with E-state index in [1.165, 1.54) is 38.5 Å². The number of rotatable bonds is 5. The van der Waals surface area contributed by atoms with Crippen LogP contribution in [0.25, 0.3) is 0 Å². The third kappa shape index (κ3) is 4.03. The van der Waals surface area contributed by atoms with Gasteiger partial charge in [-0.2, -0.15) is 0 Å². The highest BCUT2D eigenvalue weighted by molar-refractivity contribution is 5.78. The number of guanidine groups is 1. The van der Waals surface area contributed by atoms with Gasteiger partial charge >= 0.3 is 0 Å². The van der Waals surface area contributed by atoms with Crippen molar-refractivity contribution < 1.29 is 0 Å². The van der Waals surface area contributed by atoms with Gasteiger partial charge in [-0.3, -0.25) is 4.99 Å². The largest absolute Gasteiger partial charge is 0.370 e. The topological polar surface area (TPSA) is 50.4 Å². The maximum Gasteiger partial charge on any atom is 0.189 e. The van der Waals surface area contributed by atoms with Crippen LogP contribution in [0.5, 0.6) is 0 Å². The average molecular weight is 225 g/mol. The molecule has 1 saturated carbocycles. The molecule has 3 nitrogen and oxygen atoms in total. The van der Waals surface area contributed by atoms with Gasteiger partial charge < -0.3 is 11.1 Å². The number of nitrogens with two attached hydrogens (primary N) is 1. The van der Waals surface area contributed by atoms with Crippen molar-refractivity contribution in [3.8, 4) is 0 Å². The molecule has 0 amide bonds. The van der Waals surface area contributed by atoms with Gasteiger partial charge in [0.2, 0.25) is 0 Å². The van der Waals surface area contributed by atoms with Crippen LogP contribution in [0.2, 0.25) is 0 Å². The van der Waals surface area contributed by atoms with Crippen LogP contribution in [-0.2, 0) is 0 Å². The summed E-state index contributed by atoms with van der Waals surface area (Å²) in [6.45, 7) is 6.67. The molecule has 0 heterocycles. The predicted molar refractivity (Wildman–Crippen MR) is 70.5 cm³/mol. The molecule has 94 valence electrons. The molecule has 0 bridgehead atoms. The highest BCUT2D eigenvalue weighted by Crippen LogP contribution is 2.20. The molecule has 1 rings (SSSR count). The lowest BCUT2D eigenvalue weighted by Gasteiger charge is -2.23. The minimum atomic E-state index is 0.431. The van der Waals surface area contributed by atoms with Crippen molar-refractivity contribution in [2.75, 3.05) is 0 Å². The molecule has 3 heteroatoms. The normalized spacial score (nSPS) is 20.4. The summed E-state index contributed by atoms with van der Waals surface area (Å²) < 4.78 is 0. The summed E-state index contributed by atoms with van der Waals surface area (Å²) >= 11 is 0. The summed E-state index contributed by atoms with van der Waals surface area (Å²) in [7, 11) is 0. The number of nitrogens with one attached hydrogen (secondary N) is 1. The van der Waals surface area contributed by atoms with Crippen molar-refractivity contribution in [3.05, 3.63) is 0 Å². The molecule has 0 aromatic heterocycles. The Morgan fingerprint density at radius 3 is 2.38 bits per heavy atom. The summed E-state index contributed by atoms with van der Waals surface area (Å²) in [5, 5.41) is 3.34. The van der Waals surface area contributed by atoms with Crippen LogP contribution in [0.3, 0.4) is 0 Å². The molecule has 1 aliphatic carbocycles. The monoisotopic (exact) mass is 225 g/mol. The lowest BCUT2D eigenvalue weighted by atomic mass is 9.96. The lowest BCUT2D eigenvalue weighted by Crippen LogP contribution is -2.42. The zero-order valence-corrected chi connectivity index (χ0v) is 11.0. The Morgan fingerprint density at radius 1 is 1.31 bits per heavy atom. The molecule has 3 N–H and O–H groups in total. The van der Waals surface area contributed by atoms with Gasteiger partial charge in [-0.25, -0.2) is 0 Å². The minimum Gasteiger partial charge on any atom is -0.370 e. The van der Waals surface area contributed by atoms with Gasteiger partial charge in [0.25, 0.3) is 0 Å². The fourth-order valence-corrected chi connectivity index (χ4v) is 2.61. The summed E-state index contributed by atoms with van der Waals surface area (Å²) in [5.41, 5.74) is 5.94. The smallest absolute Gasteiger partial charge is 0.189 e. The number of hydrogen-bond donors (Lipinski definition) is 2. The van der Waals surface area contributed by atoms with Crippen LogP contribution >= 0.6 is 0 Å². The second-order valence-corrected chi connectivity index (χ2v) is 4.96. The summed E-state index contributed by atoms with van der Waals surface area (Å²) in [4.78, 5) is 4.55. The predicted octanol–water partition coefficient (Wildman–Crippen LogP) is 2.66. The number of nitrogens with zero attached hydrogens (tertiary/aromatic N) is 1. The van der Waals surface area contributed by atoms with Gasteiger partial charge in [0.15, 0.2) is 5.96 Å². The molecule has 1 atom stereocenters. The van der Waals surface area contributed by atoms with Crippen molar-refractivity contribution >= 4 is 5.96 Å². The third-order valence-corrected chi connectivity index (χ3v) is 3.78. The van der Waals surface area contributed by atoms with Crippen molar-refractivity contribution in [2.24, 2.45) is 16.6 Å². The average Bonchev–Trinajstić information content (AvgIpc) is 2.71. The second kappa shape index (κ2) is 6.77. The summed E-state index contributed by atoms with van der Waals surface area (Å²) in [6.07, 6.45) is 7.43. The highest BCUT2D eigenvalue weighted by atomic mass is 15.1. The van der Waals surface area contributed by atoms with Crippen molar-refractivity contribution in [1.82, 2.24) is 5.32 Å². The van der Waals surface area contributed by atoms with E-state index in [1.54, 1.807) is 0 Å². The Balaban J connectivity index is 2.39. The van der Waals surface area contributed by atoms with Gasteiger partial charge in [0, 0.05) is 6.04 Å². The molecule has 16 heavy (non-hydrogen) atoms. The van der Waals surface area contributed by atoms with Crippen LogP contribution in [0.1, 0.15) is 59.3 Å². The fourth-order valence-electron chi connectivity index (χ4n) is 2.61. The SMILES string of the molecule is CCC(CC)C(C)NC(N)=NC1CCCC1. The Kier molecular flexibility index (Phi) is 5.64. The van der Waals surface area contributed by atoms with Gasteiger partial charge in [0.05, 0.1) is 6.04 Å². The quantitative estimate of drug-likeness (QED) is 0.558. The van der Waals surface area contributed by atoms with E-state index in [0.717, 1.165) is 0 Å². The second-order valence-electron chi connectivity index (χ2n) is 4.96. The van der Waals surface area contributed by atoms with Crippen LogP contribution < -0.4 is 11.1 Å². The van der Waals surface area contributed by atoms with Crippen molar-refractivity contribution in [3.63, 3.8) is 0 Å². The van der Waals surface area contributed by atoms with Crippen molar-refractivity contribution in [1.29, 1.82) is 0 Å². The third-order valence-electron chi connectivity index (χ3n) is 3.78. The molecule has 0 spiro atoms. The van der Waals surface area contributed by atoms with E-state index in [-0.39, 0.29) is 0 Å². The molecule has 0 saturated heterocycles. The number of hydrogen-bond acceptors (Lipinski definition) is 1. The first kappa shape index (κ1) is 13.3. The molecule has 0 aromatic carbocycles. The van der Waals surface area contributed by atoms with E-state index in [0.29, 0.717) is 24.0 Å². The van der Waals surface area contributed by atoms with E-state index in [4.69, 9.17) is 5.73 Å². The summed E-state index contributed by atoms with van der Waals surface area (Å²) in [5.74, 6) is 1.34. The van der Waals surface area contributed by atoms with E-state index < -0.39 is 0 Å². The van der Waals surface area contributed by atoms with E-state index in [1.807, 2.05) is 0 Å². The molecule has 1 fully saturated rings. The fraction of sp³-hybridized carbons (Fsp3) is 0.923. The molecule has 1 aliphatic rings. The maximum absolute atomic E-state index is 5.94. The molecule has 0 aliphatic heterocycles. The van der Waals surface area contributed by atoms with Crippen LogP contribution in [0.15, 0.2) is 4.99 Å². The van der Waals surface area contributed by atoms with E-state index in [2.05, 4.69) is 31.1 Å². The molecular formula is C13H27N3. The van der Waals surface area contributed by atoms with Gasteiger partial charge in [-0.15, -0.1) is 0 Å². The highest BCUT2D eigenvalue weighted by Gasteiger charge is 2.16. The molecule has 0 radical (unpaired) electrons. The van der Waals surface area contributed by atoms with Crippen LogP contribution in [0, 0.1) is 5.92 Å². The van der Waals surface area contributed by atoms with Gasteiger partial charge in [-0.05, 0) is 25.7 Å². The van der Waals surface area contributed by atoms with Gasteiger partial charge in [-0.1, -0.05) is 39.5 Å². The Morgan fingerprint density at radius 2 is 1.88 bits per heavy atom. The van der Waals surface area contributed by atoms with Crippen LogP contribution in [-0.4, -0.2) is 18.0 Å². The van der Waals surface area contributed by atoms with E-state index >= 15 is 0 Å². The van der Waals surface area contributed by atoms with E-state index in [9.17, 15) is 0 Å². The molecule has 1 unspecified atom stereocenters. The zero-order chi connectivity index (χ0) is 12.0. The molecule has 0 aromatic rings. The van der Waals surface area contributed by atoms with Crippen LogP contribution in [0.4, 0.5) is 0 Å². The minimum absolute atomic E-state index is 0.431. The van der Waals surface area contributed by atoms with Gasteiger partial charge in [0.1, 0.15) is 0 Å². The first-order valence-electron chi connectivity index (χ1n) is 6.77. The Bertz CT molecular complexity index is 215. The van der Waals surface area contributed by atoms with Crippen molar-refractivity contribution in [2.45, 2.75) is 71.4 Å². The Hall–Kier alpha value is -0.730. The molecular weight excluding hydrogens is 198 g/mol. The first-order chi connectivity index (χ1) is 7.67. The zero-order valence-electron chi connectivity index (χ0n) is 11.0. The lowest BCUT2D eigenvalue weighted by molar-refractivity contribution is 0.389.